The number of aryl methyl sites for hydroxylation is 2. The summed E-state index contributed by atoms with van der Waals surface area (Å²) in [5, 5.41) is 0.883. The Labute approximate surface area is 93.7 Å². The van der Waals surface area contributed by atoms with Crippen molar-refractivity contribution in [3.05, 3.63) is 22.1 Å². The molecule has 0 bridgehead atoms. The molecule has 2 aromatic heterocycles. The van der Waals surface area contributed by atoms with Gasteiger partial charge in [-0.3, -0.25) is 9.36 Å². The molecular weight excluding hydrogens is 203 g/mol. The minimum absolute atomic E-state index is 0.0208. The lowest BCUT2D eigenvalue weighted by molar-refractivity contribution is 0.753. The number of anilines is 1. The van der Waals surface area contributed by atoms with Crippen molar-refractivity contribution in [1.82, 2.24) is 14.5 Å². The number of pyridine rings is 1. The van der Waals surface area contributed by atoms with Crippen LogP contribution < -0.4 is 16.8 Å². The van der Waals surface area contributed by atoms with E-state index < -0.39 is 0 Å². The normalized spacial score (nSPS) is 10.9. The number of aromatic nitrogens is 3. The first-order valence-electron chi connectivity index (χ1n) is 5.19. The van der Waals surface area contributed by atoms with Crippen LogP contribution in [0.1, 0.15) is 12.6 Å². The van der Waals surface area contributed by atoms with Crippen LogP contribution in [0, 0.1) is 6.92 Å². The Kier molecular flexibility index (Phi) is 2.42. The number of fused-ring (bicyclic) bond motifs is 1. The smallest absolute Gasteiger partial charge is 0.245 e. The van der Waals surface area contributed by atoms with Crippen molar-refractivity contribution >= 4 is 30.3 Å². The fraction of sp³-hybridized carbons (Fsp3) is 0.300. The zero-order valence-corrected chi connectivity index (χ0v) is 9.61. The van der Waals surface area contributed by atoms with E-state index in [9.17, 15) is 4.79 Å². The molecule has 0 unspecified atom stereocenters. The Bertz CT molecular complexity index is 620. The third kappa shape index (κ3) is 1.46. The lowest BCUT2D eigenvalue weighted by Crippen LogP contribution is -2.34. The van der Waals surface area contributed by atoms with Crippen LogP contribution in [0.3, 0.4) is 0 Å². The number of hydrogen-bond donors (Lipinski definition) is 1. The van der Waals surface area contributed by atoms with Gasteiger partial charge in [0.1, 0.15) is 13.5 Å². The maximum Gasteiger partial charge on any atom is 0.245 e. The summed E-state index contributed by atoms with van der Waals surface area (Å²) in [6.07, 6.45) is 0. The monoisotopic (exact) mass is 216 g/mol. The van der Waals surface area contributed by atoms with Crippen LogP contribution in [0.2, 0.25) is 0 Å². The van der Waals surface area contributed by atoms with Crippen LogP contribution in [0.4, 0.5) is 5.95 Å². The van der Waals surface area contributed by atoms with E-state index >= 15 is 0 Å². The molecule has 0 aromatic carbocycles. The Morgan fingerprint density at radius 3 is 2.81 bits per heavy atom. The molecule has 0 radical (unpaired) electrons. The third-order valence-corrected chi connectivity index (χ3v) is 2.65. The van der Waals surface area contributed by atoms with E-state index in [2.05, 4.69) is 9.97 Å². The number of rotatable bonds is 1. The molecule has 0 atom stereocenters. The number of nitrogens with two attached hydrogens (primary N) is 1. The van der Waals surface area contributed by atoms with E-state index in [0.717, 1.165) is 11.1 Å². The lowest BCUT2D eigenvalue weighted by Gasteiger charge is -2.10. The second-order valence-corrected chi connectivity index (χ2v) is 3.78. The summed E-state index contributed by atoms with van der Waals surface area (Å²) in [4.78, 5) is 20.1. The Balaban J connectivity index is 3.02. The zero-order valence-electron chi connectivity index (χ0n) is 9.61. The summed E-state index contributed by atoms with van der Waals surface area (Å²) in [5.74, 6) is 0.204. The average molecular weight is 216 g/mol. The van der Waals surface area contributed by atoms with E-state index in [-0.39, 0.29) is 11.5 Å². The molecule has 0 aliphatic rings. The van der Waals surface area contributed by atoms with Crippen LogP contribution in [0.25, 0.3) is 11.0 Å². The summed E-state index contributed by atoms with van der Waals surface area (Å²) < 4.78 is 1.62. The van der Waals surface area contributed by atoms with Crippen LogP contribution >= 0.6 is 0 Å². The highest BCUT2D eigenvalue weighted by Crippen LogP contribution is 2.13. The predicted molar refractivity (Wildman–Crippen MR) is 66.8 cm³/mol. The summed E-state index contributed by atoms with van der Waals surface area (Å²) >= 11 is 0. The summed E-state index contributed by atoms with van der Waals surface area (Å²) in [6, 6.07) is 1.82. The highest BCUT2D eigenvalue weighted by atomic mass is 16.1. The number of hydrogen-bond acceptors (Lipinski definition) is 4. The molecule has 0 spiro atoms. The highest BCUT2D eigenvalue weighted by molar-refractivity contribution is 6.32. The van der Waals surface area contributed by atoms with Gasteiger partial charge in [0, 0.05) is 11.9 Å². The van der Waals surface area contributed by atoms with Gasteiger partial charge in [-0.1, -0.05) is 6.07 Å². The molecule has 2 aromatic rings. The molecule has 0 saturated heterocycles. The number of nitrogen functional groups attached to an aromatic ring is 1. The van der Waals surface area contributed by atoms with Gasteiger partial charge in [0.2, 0.25) is 11.5 Å². The fourth-order valence-corrected chi connectivity index (χ4v) is 1.84. The van der Waals surface area contributed by atoms with Gasteiger partial charge >= 0.3 is 0 Å². The molecule has 82 valence electrons. The summed E-state index contributed by atoms with van der Waals surface area (Å²) in [7, 11) is 1.80. The number of nitrogens with zero attached hydrogens (tertiary/aromatic N) is 3. The third-order valence-electron chi connectivity index (χ3n) is 2.65. The van der Waals surface area contributed by atoms with Crippen LogP contribution in [-0.4, -0.2) is 22.4 Å². The van der Waals surface area contributed by atoms with Crippen molar-refractivity contribution in [1.29, 1.82) is 0 Å². The molecule has 5 nitrogen and oxygen atoms in total. The maximum absolute atomic E-state index is 11.9. The SMILES string of the molecule is Bc1cc2c(C)nc(N)nc2n(CC)c1=O. The topological polar surface area (TPSA) is 73.8 Å². The second kappa shape index (κ2) is 3.62. The van der Waals surface area contributed by atoms with Crippen LogP contribution in [0.5, 0.6) is 0 Å². The molecule has 0 amide bonds. The first kappa shape index (κ1) is 10.7. The van der Waals surface area contributed by atoms with Gasteiger partial charge in [-0.05, 0) is 19.3 Å². The lowest BCUT2D eigenvalue weighted by atomic mass is 9.96. The van der Waals surface area contributed by atoms with Gasteiger partial charge in [0.05, 0.1) is 5.69 Å². The van der Waals surface area contributed by atoms with E-state index in [1.807, 2.05) is 19.9 Å². The van der Waals surface area contributed by atoms with Gasteiger partial charge in [0.25, 0.3) is 0 Å². The minimum atomic E-state index is -0.0208. The minimum Gasteiger partial charge on any atom is -0.368 e. The van der Waals surface area contributed by atoms with Crippen molar-refractivity contribution in [3.63, 3.8) is 0 Å². The predicted octanol–water partition coefficient (Wildman–Crippen LogP) is -1.04. The van der Waals surface area contributed by atoms with Crippen molar-refractivity contribution in [2.24, 2.45) is 0 Å². The van der Waals surface area contributed by atoms with Crippen molar-refractivity contribution in [2.75, 3.05) is 5.73 Å². The first-order valence-corrected chi connectivity index (χ1v) is 5.19. The second-order valence-electron chi connectivity index (χ2n) is 3.78. The molecule has 0 fully saturated rings. The standard InChI is InChI=1S/C10H13BN4O/c1-3-15-8-6(4-7(11)9(15)16)5(2)13-10(12)14-8/h4H,3,11H2,1-2H3,(H2,12,13,14). The van der Waals surface area contributed by atoms with Crippen molar-refractivity contribution < 1.29 is 0 Å². The summed E-state index contributed by atoms with van der Waals surface area (Å²) in [5.41, 5.74) is 7.69. The molecule has 16 heavy (non-hydrogen) atoms. The molecule has 2 N–H and O–H groups in total. The van der Waals surface area contributed by atoms with Crippen molar-refractivity contribution in [3.8, 4) is 0 Å². The van der Waals surface area contributed by atoms with Gasteiger partial charge < -0.3 is 5.73 Å². The van der Waals surface area contributed by atoms with Gasteiger partial charge in [-0.25, -0.2) is 4.98 Å². The maximum atomic E-state index is 11.9. The first-order chi connectivity index (χ1) is 7.54. The molecule has 0 saturated carbocycles. The van der Waals surface area contributed by atoms with Crippen molar-refractivity contribution in [2.45, 2.75) is 20.4 Å². The molecule has 0 aliphatic heterocycles. The fourth-order valence-electron chi connectivity index (χ4n) is 1.84. The van der Waals surface area contributed by atoms with Gasteiger partial charge in [-0.15, -0.1) is 0 Å². The summed E-state index contributed by atoms with van der Waals surface area (Å²) in [6.45, 7) is 4.35. The Morgan fingerprint density at radius 1 is 1.50 bits per heavy atom. The average Bonchev–Trinajstić information content (AvgIpc) is 2.22. The molecule has 2 rings (SSSR count). The van der Waals surface area contributed by atoms with E-state index in [1.54, 1.807) is 12.4 Å². The van der Waals surface area contributed by atoms with Crippen LogP contribution in [-0.2, 0) is 6.54 Å². The molecular formula is C10H13BN4O. The zero-order chi connectivity index (χ0) is 11.9. The van der Waals surface area contributed by atoms with E-state index in [4.69, 9.17) is 5.73 Å². The molecule has 0 aliphatic carbocycles. The molecule has 6 heteroatoms. The Hall–Kier alpha value is -1.85. The largest absolute Gasteiger partial charge is 0.368 e. The van der Waals surface area contributed by atoms with Gasteiger partial charge in [-0.2, -0.15) is 4.98 Å². The molecule has 2 heterocycles. The van der Waals surface area contributed by atoms with Gasteiger partial charge in [0.15, 0.2) is 0 Å². The van der Waals surface area contributed by atoms with Crippen LogP contribution in [0.15, 0.2) is 10.9 Å². The Morgan fingerprint density at radius 2 is 2.19 bits per heavy atom. The van der Waals surface area contributed by atoms with E-state index in [0.29, 0.717) is 17.7 Å². The van der Waals surface area contributed by atoms with E-state index in [1.165, 1.54) is 0 Å². The quantitative estimate of drug-likeness (QED) is 0.618. The highest BCUT2D eigenvalue weighted by Gasteiger charge is 2.09.